The average Bonchev–Trinajstić information content (AvgIpc) is 2.33. The number of halogens is 2. The van der Waals surface area contributed by atoms with E-state index in [0.29, 0.717) is 5.92 Å². The van der Waals surface area contributed by atoms with E-state index in [1.54, 1.807) is 6.07 Å². The van der Waals surface area contributed by atoms with Crippen molar-refractivity contribution in [1.29, 1.82) is 0 Å². The van der Waals surface area contributed by atoms with Crippen molar-refractivity contribution >= 4 is 11.6 Å². The van der Waals surface area contributed by atoms with Crippen LogP contribution in [0.3, 0.4) is 0 Å². The summed E-state index contributed by atoms with van der Waals surface area (Å²) in [6.07, 6.45) is 2.20. The summed E-state index contributed by atoms with van der Waals surface area (Å²) in [6, 6.07) is 5.35. The van der Waals surface area contributed by atoms with E-state index < -0.39 is 0 Å². The van der Waals surface area contributed by atoms with Gasteiger partial charge in [0.15, 0.2) is 0 Å². The molecule has 1 aliphatic carbocycles. The summed E-state index contributed by atoms with van der Waals surface area (Å²) in [6.45, 7) is 6.02. The molecule has 1 aromatic rings. The summed E-state index contributed by atoms with van der Waals surface area (Å²) in [5.41, 5.74) is 0.718. The summed E-state index contributed by atoms with van der Waals surface area (Å²) in [5, 5.41) is 3.59. The van der Waals surface area contributed by atoms with Gasteiger partial charge in [-0.15, -0.1) is 0 Å². The normalized spacial score (nSPS) is 27.9. The van der Waals surface area contributed by atoms with Crippen molar-refractivity contribution in [3.05, 3.63) is 34.6 Å². The third-order valence-corrected chi connectivity index (χ3v) is 4.44. The molecule has 2 unspecified atom stereocenters. The minimum atomic E-state index is -0.237. The highest BCUT2D eigenvalue weighted by Crippen LogP contribution is 2.49. The fraction of sp³-hybridized carbons (Fsp3) is 0.571. The third-order valence-electron chi connectivity index (χ3n) is 4.15. The third kappa shape index (κ3) is 2.09. The van der Waals surface area contributed by atoms with Gasteiger partial charge in [0.2, 0.25) is 0 Å². The molecule has 0 saturated heterocycles. The summed E-state index contributed by atoms with van der Waals surface area (Å²) in [5.74, 6) is 0.271. The van der Waals surface area contributed by atoms with E-state index in [0.717, 1.165) is 31.5 Å². The van der Waals surface area contributed by atoms with Crippen LogP contribution in [0.2, 0.25) is 5.02 Å². The monoisotopic (exact) mass is 255 g/mol. The number of nitrogens with one attached hydrogen (secondary N) is 1. The van der Waals surface area contributed by atoms with Gasteiger partial charge in [-0.25, -0.2) is 4.39 Å². The first-order valence-electron chi connectivity index (χ1n) is 6.27. The molecular formula is C14H19ClFN. The zero-order chi connectivity index (χ0) is 12.5. The number of rotatable bonds is 4. The fourth-order valence-corrected chi connectivity index (χ4v) is 2.95. The van der Waals surface area contributed by atoms with Crippen LogP contribution >= 0.6 is 11.6 Å². The fourth-order valence-electron chi connectivity index (χ4n) is 2.78. The van der Waals surface area contributed by atoms with E-state index in [9.17, 15) is 4.39 Å². The van der Waals surface area contributed by atoms with Crippen molar-refractivity contribution in [3.63, 3.8) is 0 Å². The number of likely N-dealkylation sites (N-methyl/N-ethyl adjacent to an activating group) is 1. The minimum absolute atomic E-state index is 0.0645. The molecule has 0 bridgehead atoms. The second-order valence-corrected chi connectivity index (χ2v) is 5.38. The van der Waals surface area contributed by atoms with Crippen LogP contribution in [0.1, 0.15) is 32.3 Å². The zero-order valence-electron chi connectivity index (χ0n) is 10.4. The number of hydrogen-bond donors (Lipinski definition) is 1. The Morgan fingerprint density at radius 1 is 1.53 bits per heavy atom. The van der Waals surface area contributed by atoms with Crippen LogP contribution in [-0.2, 0) is 5.41 Å². The smallest absolute Gasteiger partial charge is 0.145 e. The quantitative estimate of drug-likeness (QED) is 0.864. The first kappa shape index (κ1) is 12.8. The molecule has 1 aliphatic rings. The van der Waals surface area contributed by atoms with E-state index in [2.05, 4.69) is 19.2 Å². The molecule has 0 aromatic heterocycles. The minimum Gasteiger partial charge on any atom is -0.316 e. The van der Waals surface area contributed by atoms with Crippen molar-refractivity contribution < 1.29 is 4.39 Å². The molecule has 94 valence electrons. The Labute approximate surface area is 107 Å². The van der Waals surface area contributed by atoms with E-state index in [1.807, 2.05) is 12.1 Å². The topological polar surface area (TPSA) is 12.0 Å². The van der Waals surface area contributed by atoms with Crippen molar-refractivity contribution in [2.24, 2.45) is 5.92 Å². The molecule has 2 rings (SSSR count). The van der Waals surface area contributed by atoms with Gasteiger partial charge < -0.3 is 5.32 Å². The molecule has 0 heterocycles. The Kier molecular flexibility index (Phi) is 3.74. The molecule has 0 radical (unpaired) electrons. The Balaban J connectivity index is 2.36. The van der Waals surface area contributed by atoms with E-state index in [4.69, 9.17) is 11.6 Å². The Morgan fingerprint density at radius 2 is 2.29 bits per heavy atom. The van der Waals surface area contributed by atoms with E-state index >= 15 is 0 Å². The maximum Gasteiger partial charge on any atom is 0.145 e. The molecule has 2 atom stereocenters. The van der Waals surface area contributed by atoms with Crippen LogP contribution in [0, 0.1) is 11.7 Å². The number of benzene rings is 1. The molecule has 1 nitrogen and oxygen atoms in total. The largest absolute Gasteiger partial charge is 0.316 e. The first-order valence-corrected chi connectivity index (χ1v) is 6.65. The highest BCUT2D eigenvalue weighted by Gasteiger charge is 2.46. The zero-order valence-corrected chi connectivity index (χ0v) is 11.1. The predicted molar refractivity (Wildman–Crippen MR) is 70.0 cm³/mol. The van der Waals surface area contributed by atoms with Gasteiger partial charge in [-0.05, 0) is 36.9 Å². The van der Waals surface area contributed by atoms with Crippen LogP contribution in [-0.4, -0.2) is 13.1 Å². The highest BCUT2D eigenvalue weighted by molar-refractivity contribution is 6.30. The lowest BCUT2D eigenvalue weighted by molar-refractivity contribution is 0.130. The maximum absolute atomic E-state index is 14.2. The molecule has 0 amide bonds. The first-order chi connectivity index (χ1) is 8.12. The van der Waals surface area contributed by atoms with Gasteiger partial charge in [-0.1, -0.05) is 37.6 Å². The van der Waals surface area contributed by atoms with Gasteiger partial charge in [0.05, 0.1) is 5.02 Å². The lowest BCUT2D eigenvalue weighted by Gasteiger charge is -2.49. The van der Waals surface area contributed by atoms with Crippen LogP contribution in [0.25, 0.3) is 0 Å². The summed E-state index contributed by atoms with van der Waals surface area (Å²) in [4.78, 5) is 0. The van der Waals surface area contributed by atoms with Gasteiger partial charge >= 0.3 is 0 Å². The second kappa shape index (κ2) is 4.95. The van der Waals surface area contributed by atoms with Gasteiger partial charge in [0.1, 0.15) is 5.82 Å². The van der Waals surface area contributed by atoms with Crippen molar-refractivity contribution in [2.45, 2.75) is 32.1 Å². The van der Waals surface area contributed by atoms with Gasteiger partial charge in [0, 0.05) is 12.0 Å². The summed E-state index contributed by atoms with van der Waals surface area (Å²) >= 11 is 5.89. The average molecular weight is 256 g/mol. The Morgan fingerprint density at radius 3 is 2.82 bits per heavy atom. The van der Waals surface area contributed by atoms with Gasteiger partial charge in [-0.3, -0.25) is 0 Å². The molecule has 17 heavy (non-hydrogen) atoms. The molecule has 1 aromatic carbocycles. The SMILES string of the molecule is CCNCC1(c2cccc(Cl)c2F)CCC1C. The predicted octanol–water partition coefficient (Wildman–Crippen LogP) is 3.76. The molecule has 1 saturated carbocycles. The van der Waals surface area contributed by atoms with Crippen LogP contribution in [0.15, 0.2) is 18.2 Å². The number of hydrogen-bond acceptors (Lipinski definition) is 1. The van der Waals surface area contributed by atoms with E-state index in [1.165, 1.54) is 0 Å². The molecule has 3 heteroatoms. The standard InChI is InChI=1S/C14H19ClFN/c1-3-17-9-14(8-7-10(14)2)11-5-4-6-12(15)13(11)16/h4-6,10,17H,3,7-9H2,1-2H3. The summed E-state index contributed by atoms with van der Waals surface area (Å²) in [7, 11) is 0. The van der Waals surface area contributed by atoms with Crippen molar-refractivity contribution in [3.8, 4) is 0 Å². The summed E-state index contributed by atoms with van der Waals surface area (Å²) < 4.78 is 14.2. The maximum atomic E-state index is 14.2. The van der Waals surface area contributed by atoms with Crippen LogP contribution in [0.5, 0.6) is 0 Å². The van der Waals surface area contributed by atoms with Crippen LogP contribution in [0.4, 0.5) is 4.39 Å². The second-order valence-electron chi connectivity index (χ2n) is 4.98. The van der Waals surface area contributed by atoms with Crippen molar-refractivity contribution in [1.82, 2.24) is 5.32 Å². The van der Waals surface area contributed by atoms with E-state index in [-0.39, 0.29) is 16.3 Å². The lowest BCUT2D eigenvalue weighted by atomic mass is 9.57. The molecular weight excluding hydrogens is 237 g/mol. The molecule has 1 N–H and O–H groups in total. The Hall–Kier alpha value is -0.600. The molecule has 0 spiro atoms. The van der Waals surface area contributed by atoms with Crippen molar-refractivity contribution in [2.75, 3.05) is 13.1 Å². The molecule has 0 aliphatic heterocycles. The highest BCUT2D eigenvalue weighted by atomic mass is 35.5. The van der Waals surface area contributed by atoms with Crippen LogP contribution < -0.4 is 5.32 Å². The van der Waals surface area contributed by atoms with Gasteiger partial charge in [-0.2, -0.15) is 0 Å². The molecule has 1 fully saturated rings. The lowest BCUT2D eigenvalue weighted by Crippen LogP contribution is -2.50. The Bertz CT molecular complexity index is 407. The van der Waals surface area contributed by atoms with Gasteiger partial charge in [0.25, 0.3) is 0 Å².